The van der Waals surface area contributed by atoms with E-state index >= 15 is 0 Å². The lowest BCUT2D eigenvalue weighted by Crippen LogP contribution is -2.07. The van der Waals surface area contributed by atoms with Crippen molar-refractivity contribution in [2.75, 3.05) is 6.61 Å². The van der Waals surface area contributed by atoms with Crippen molar-refractivity contribution in [2.45, 2.75) is 19.8 Å². The number of alkyl halides is 4. The van der Waals surface area contributed by atoms with Gasteiger partial charge in [-0.05, 0) is 13.0 Å². The number of hydrogen-bond acceptors (Lipinski definition) is 4. The molecule has 0 atom stereocenters. The number of aromatic nitrogens is 3. The fraction of sp³-hybridized carbons (Fsp3) is 0.417. The van der Waals surface area contributed by atoms with Crippen molar-refractivity contribution in [3.05, 3.63) is 23.0 Å². The molecule has 0 aliphatic heterocycles. The van der Waals surface area contributed by atoms with Crippen molar-refractivity contribution in [1.82, 2.24) is 14.8 Å². The largest absolute Gasteiger partial charge is 0.461 e. The molecule has 2 rings (SSSR count). The van der Waals surface area contributed by atoms with E-state index in [0.717, 1.165) is 4.68 Å². The van der Waals surface area contributed by atoms with Crippen LogP contribution < -0.4 is 0 Å². The minimum absolute atomic E-state index is 0.0312. The maximum Gasteiger partial charge on any atom is 0.359 e. The summed E-state index contributed by atoms with van der Waals surface area (Å²) in [5, 5.41) is 3.48. The van der Waals surface area contributed by atoms with Gasteiger partial charge in [0, 0.05) is 12.6 Å². The van der Waals surface area contributed by atoms with E-state index in [1.54, 1.807) is 6.92 Å². The van der Waals surface area contributed by atoms with Crippen LogP contribution >= 0.6 is 0 Å². The SMILES string of the molecule is CCOC(=O)c1nn(C)c2nc(C(F)F)cc(C(F)F)c12. The number of aryl methyl sites for hydroxylation is 1. The molecule has 0 aliphatic carbocycles. The second kappa shape index (κ2) is 5.66. The molecule has 0 spiro atoms. The number of rotatable bonds is 4. The number of pyridine rings is 1. The molecule has 2 aromatic rings. The molecule has 0 saturated heterocycles. The quantitative estimate of drug-likeness (QED) is 0.643. The Hall–Kier alpha value is -2.19. The number of esters is 1. The molecule has 0 radical (unpaired) electrons. The fourth-order valence-electron chi connectivity index (χ4n) is 1.92. The third-order valence-corrected chi connectivity index (χ3v) is 2.77. The molecular weight excluding hydrogens is 294 g/mol. The zero-order valence-electron chi connectivity index (χ0n) is 11.1. The Morgan fingerprint density at radius 3 is 2.52 bits per heavy atom. The van der Waals surface area contributed by atoms with Crippen molar-refractivity contribution < 1.29 is 27.1 Å². The first kappa shape index (κ1) is 15.2. The Morgan fingerprint density at radius 1 is 1.33 bits per heavy atom. The summed E-state index contributed by atoms with van der Waals surface area (Å²) in [6, 6.07) is 0.585. The molecule has 5 nitrogen and oxygen atoms in total. The summed E-state index contributed by atoms with van der Waals surface area (Å²) >= 11 is 0. The summed E-state index contributed by atoms with van der Waals surface area (Å²) in [7, 11) is 1.32. The van der Waals surface area contributed by atoms with Gasteiger partial charge in [0.1, 0.15) is 5.69 Å². The van der Waals surface area contributed by atoms with Gasteiger partial charge in [0.2, 0.25) is 0 Å². The van der Waals surface area contributed by atoms with Gasteiger partial charge in [-0.15, -0.1) is 0 Å². The highest BCUT2D eigenvalue weighted by Gasteiger charge is 2.27. The van der Waals surface area contributed by atoms with Crippen molar-refractivity contribution in [3.63, 3.8) is 0 Å². The third kappa shape index (κ3) is 2.67. The molecule has 0 unspecified atom stereocenters. The molecule has 9 heteroatoms. The average Bonchev–Trinajstić information content (AvgIpc) is 2.75. The lowest BCUT2D eigenvalue weighted by atomic mass is 10.1. The molecule has 114 valence electrons. The van der Waals surface area contributed by atoms with Gasteiger partial charge in [0.05, 0.1) is 12.0 Å². The minimum Gasteiger partial charge on any atom is -0.461 e. The van der Waals surface area contributed by atoms with E-state index in [1.165, 1.54) is 7.05 Å². The second-order valence-corrected chi connectivity index (χ2v) is 4.13. The van der Waals surface area contributed by atoms with E-state index in [9.17, 15) is 22.4 Å². The van der Waals surface area contributed by atoms with Gasteiger partial charge in [0.25, 0.3) is 12.9 Å². The Morgan fingerprint density at radius 2 is 2.00 bits per heavy atom. The molecular formula is C12H11F4N3O2. The van der Waals surface area contributed by atoms with Gasteiger partial charge in [0.15, 0.2) is 11.3 Å². The molecule has 0 aliphatic rings. The van der Waals surface area contributed by atoms with Crippen LogP contribution in [0.15, 0.2) is 6.07 Å². The Balaban J connectivity index is 2.77. The minimum atomic E-state index is -3.05. The predicted octanol–water partition coefficient (Wildman–Crippen LogP) is 3.02. The van der Waals surface area contributed by atoms with Crippen LogP contribution in [-0.2, 0) is 11.8 Å². The summed E-state index contributed by atoms with van der Waals surface area (Å²) in [5.41, 5.74) is -2.09. The van der Waals surface area contributed by atoms with Crippen LogP contribution in [0.1, 0.15) is 41.5 Å². The molecule has 0 aromatic carbocycles. The summed E-state index contributed by atoms with van der Waals surface area (Å²) < 4.78 is 57.4. The first-order valence-electron chi connectivity index (χ1n) is 5.97. The number of carbonyl (C=O) groups excluding carboxylic acids is 1. The Bertz CT molecular complexity index is 685. The molecule has 0 bridgehead atoms. The zero-order valence-corrected chi connectivity index (χ0v) is 11.1. The number of nitrogens with zero attached hydrogens (tertiary/aromatic N) is 3. The average molecular weight is 305 g/mol. The monoisotopic (exact) mass is 305 g/mol. The smallest absolute Gasteiger partial charge is 0.359 e. The molecule has 0 N–H and O–H groups in total. The summed E-state index contributed by atoms with van der Waals surface area (Å²) in [6.45, 7) is 1.58. The summed E-state index contributed by atoms with van der Waals surface area (Å²) in [6.07, 6.45) is -6.06. The highest BCUT2D eigenvalue weighted by molar-refractivity contribution is 6.02. The Kier molecular flexibility index (Phi) is 4.10. The van der Waals surface area contributed by atoms with Gasteiger partial charge in [-0.25, -0.2) is 32.0 Å². The third-order valence-electron chi connectivity index (χ3n) is 2.77. The van der Waals surface area contributed by atoms with Gasteiger partial charge < -0.3 is 4.74 Å². The van der Waals surface area contributed by atoms with E-state index in [0.29, 0.717) is 6.07 Å². The first-order valence-corrected chi connectivity index (χ1v) is 5.97. The van der Waals surface area contributed by atoms with Crippen LogP contribution in [0.2, 0.25) is 0 Å². The maximum atomic E-state index is 13.1. The predicted molar refractivity (Wildman–Crippen MR) is 64.4 cm³/mol. The molecule has 0 fully saturated rings. The fourth-order valence-corrected chi connectivity index (χ4v) is 1.92. The topological polar surface area (TPSA) is 57.0 Å². The number of carbonyl (C=O) groups is 1. The van der Waals surface area contributed by atoms with Crippen molar-refractivity contribution >= 4 is 17.0 Å². The number of hydrogen-bond donors (Lipinski definition) is 0. The highest BCUT2D eigenvalue weighted by Crippen LogP contribution is 2.32. The van der Waals surface area contributed by atoms with Gasteiger partial charge in [-0.1, -0.05) is 0 Å². The van der Waals surface area contributed by atoms with Gasteiger partial charge in [-0.2, -0.15) is 5.10 Å². The first-order chi connectivity index (χ1) is 9.86. The van der Waals surface area contributed by atoms with Crippen LogP contribution in [0.4, 0.5) is 17.6 Å². The summed E-state index contributed by atoms with van der Waals surface area (Å²) in [4.78, 5) is 15.3. The molecule has 2 aromatic heterocycles. The van der Waals surface area contributed by atoms with E-state index in [-0.39, 0.29) is 23.3 Å². The van der Waals surface area contributed by atoms with Crippen molar-refractivity contribution in [2.24, 2.45) is 7.05 Å². The van der Waals surface area contributed by atoms with E-state index in [4.69, 9.17) is 4.74 Å². The van der Waals surface area contributed by atoms with E-state index in [2.05, 4.69) is 10.1 Å². The Labute approximate surface area is 116 Å². The number of ether oxygens (including phenoxy) is 1. The van der Waals surface area contributed by atoms with Crippen molar-refractivity contribution in [3.8, 4) is 0 Å². The van der Waals surface area contributed by atoms with E-state index < -0.39 is 30.1 Å². The normalized spacial score (nSPS) is 11.6. The lowest BCUT2D eigenvalue weighted by Gasteiger charge is -2.07. The molecule has 2 heterocycles. The number of halogens is 4. The van der Waals surface area contributed by atoms with Gasteiger partial charge in [-0.3, -0.25) is 0 Å². The number of fused-ring (bicyclic) bond motifs is 1. The van der Waals surface area contributed by atoms with Crippen LogP contribution in [0.25, 0.3) is 11.0 Å². The molecule has 0 amide bonds. The zero-order chi connectivity index (χ0) is 15.7. The maximum absolute atomic E-state index is 13.1. The van der Waals surface area contributed by atoms with Crippen LogP contribution in [0.5, 0.6) is 0 Å². The standard InChI is InChI=1S/C12H11F4N3O2/c1-3-21-12(20)8-7-5(9(13)14)4-6(10(15)16)17-11(7)19(2)18-8/h4,9-10H,3H2,1-2H3. The second-order valence-electron chi connectivity index (χ2n) is 4.13. The lowest BCUT2D eigenvalue weighted by molar-refractivity contribution is 0.0520. The van der Waals surface area contributed by atoms with Crippen LogP contribution in [0, 0.1) is 0 Å². The summed E-state index contributed by atoms with van der Waals surface area (Å²) in [5.74, 6) is -0.906. The van der Waals surface area contributed by atoms with E-state index in [1.807, 2.05) is 0 Å². The molecule has 21 heavy (non-hydrogen) atoms. The highest BCUT2D eigenvalue weighted by atomic mass is 19.3. The van der Waals surface area contributed by atoms with Crippen LogP contribution in [-0.4, -0.2) is 27.3 Å². The van der Waals surface area contributed by atoms with Crippen molar-refractivity contribution in [1.29, 1.82) is 0 Å². The molecule has 0 saturated carbocycles. The van der Waals surface area contributed by atoms with Gasteiger partial charge >= 0.3 is 5.97 Å². The van der Waals surface area contributed by atoms with Crippen LogP contribution in [0.3, 0.4) is 0 Å².